The highest BCUT2D eigenvalue weighted by Gasteiger charge is 2.10. The van der Waals surface area contributed by atoms with Gasteiger partial charge in [0.05, 0.1) is 11.4 Å². The Labute approximate surface area is 167 Å². The van der Waals surface area contributed by atoms with Crippen LogP contribution >= 0.6 is 0 Å². The molecule has 2 amide bonds. The molecule has 0 unspecified atom stereocenters. The predicted octanol–water partition coefficient (Wildman–Crippen LogP) is 3.73. The van der Waals surface area contributed by atoms with Gasteiger partial charge in [0.15, 0.2) is 0 Å². The first-order valence-corrected chi connectivity index (χ1v) is 8.95. The highest BCUT2D eigenvalue weighted by atomic mass is 16.2. The van der Waals surface area contributed by atoms with E-state index in [1.807, 2.05) is 49.4 Å². The topological polar surface area (TPSA) is 118 Å². The number of aryl methyl sites for hydroxylation is 1. The average molecular weight is 385 g/mol. The number of benzene rings is 1. The molecule has 0 saturated heterocycles. The third-order valence-electron chi connectivity index (χ3n) is 4.40. The van der Waals surface area contributed by atoms with Gasteiger partial charge in [0.1, 0.15) is 11.6 Å². The molecular formula is C21H19N7O. The normalized spacial score (nSPS) is 10.5. The van der Waals surface area contributed by atoms with Gasteiger partial charge in [-0.1, -0.05) is 18.2 Å². The number of nitrogens with one attached hydrogen (secondary N) is 3. The number of aromatic nitrogens is 3. The average Bonchev–Trinajstić information content (AvgIpc) is 2.73. The minimum Gasteiger partial charge on any atom is -0.383 e. The number of pyridine rings is 3. The molecule has 29 heavy (non-hydrogen) atoms. The van der Waals surface area contributed by atoms with Crippen LogP contribution in [-0.4, -0.2) is 21.0 Å². The Morgan fingerprint density at radius 3 is 2.69 bits per heavy atom. The number of hydrazine groups is 1. The van der Waals surface area contributed by atoms with Crippen LogP contribution < -0.4 is 21.9 Å². The second kappa shape index (κ2) is 7.81. The molecule has 0 bridgehead atoms. The Kier molecular flexibility index (Phi) is 4.90. The molecule has 0 aliphatic heterocycles. The fourth-order valence-electron chi connectivity index (χ4n) is 2.91. The predicted molar refractivity (Wildman–Crippen MR) is 114 cm³/mol. The van der Waals surface area contributed by atoms with E-state index in [2.05, 4.69) is 31.1 Å². The molecule has 0 aliphatic rings. The van der Waals surface area contributed by atoms with Crippen LogP contribution in [0.2, 0.25) is 0 Å². The van der Waals surface area contributed by atoms with Gasteiger partial charge in [-0.3, -0.25) is 21.2 Å². The smallest absolute Gasteiger partial charge is 0.339 e. The molecule has 0 spiro atoms. The second-order valence-corrected chi connectivity index (χ2v) is 6.44. The first-order valence-electron chi connectivity index (χ1n) is 8.95. The number of nitrogens with two attached hydrogens (primary N) is 1. The lowest BCUT2D eigenvalue weighted by atomic mass is 10.1. The largest absolute Gasteiger partial charge is 0.383 e. The van der Waals surface area contributed by atoms with E-state index < -0.39 is 6.03 Å². The summed E-state index contributed by atoms with van der Waals surface area (Å²) in [6.07, 6.45) is 5.08. The van der Waals surface area contributed by atoms with Crippen molar-refractivity contribution in [3.05, 3.63) is 72.7 Å². The van der Waals surface area contributed by atoms with Crippen LogP contribution in [0.3, 0.4) is 0 Å². The van der Waals surface area contributed by atoms with Crippen molar-refractivity contribution in [2.75, 3.05) is 16.5 Å². The fourth-order valence-corrected chi connectivity index (χ4v) is 2.91. The lowest BCUT2D eigenvalue weighted by Crippen LogP contribution is -2.33. The van der Waals surface area contributed by atoms with E-state index in [-0.39, 0.29) is 0 Å². The summed E-state index contributed by atoms with van der Waals surface area (Å²) >= 11 is 0. The summed E-state index contributed by atoms with van der Waals surface area (Å²) in [7, 11) is 0. The third kappa shape index (κ3) is 4.06. The second-order valence-electron chi connectivity index (χ2n) is 6.44. The maximum Gasteiger partial charge on any atom is 0.339 e. The van der Waals surface area contributed by atoms with Crippen molar-refractivity contribution in [3.8, 4) is 11.3 Å². The van der Waals surface area contributed by atoms with Crippen molar-refractivity contribution in [3.63, 3.8) is 0 Å². The van der Waals surface area contributed by atoms with Crippen LogP contribution in [0.1, 0.15) is 5.56 Å². The molecule has 0 fully saturated rings. The molecular weight excluding hydrogens is 366 g/mol. The number of hydrogen-bond acceptors (Lipinski definition) is 6. The van der Waals surface area contributed by atoms with Gasteiger partial charge < -0.3 is 5.73 Å². The number of hydrogen-bond donors (Lipinski definition) is 4. The lowest BCUT2D eigenvalue weighted by Gasteiger charge is -2.11. The van der Waals surface area contributed by atoms with Gasteiger partial charge in [-0.2, -0.15) is 0 Å². The number of anilines is 3. The van der Waals surface area contributed by atoms with E-state index in [9.17, 15) is 4.79 Å². The van der Waals surface area contributed by atoms with E-state index in [1.54, 1.807) is 24.7 Å². The van der Waals surface area contributed by atoms with Crippen LogP contribution in [0.4, 0.5) is 22.1 Å². The highest BCUT2D eigenvalue weighted by Crippen LogP contribution is 2.28. The first-order chi connectivity index (χ1) is 14.1. The van der Waals surface area contributed by atoms with Crippen molar-refractivity contribution in [1.82, 2.24) is 20.4 Å². The van der Waals surface area contributed by atoms with Crippen molar-refractivity contribution >= 4 is 34.1 Å². The van der Waals surface area contributed by atoms with Gasteiger partial charge in [0, 0.05) is 29.5 Å². The molecule has 4 aromatic rings. The van der Waals surface area contributed by atoms with Crippen LogP contribution in [0, 0.1) is 6.92 Å². The Balaban J connectivity index is 1.56. The Morgan fingerprint density at radius 2 is 1.90 bits per heavy atom. The van der Waals surface area contributed by atoms with Gasteiger partial charge in [0.2, 0.25) is 0 Å². The van der Waals surface area contributed by atoms with E-state index in [0.29, 0.717) is 22.7 Å². The van der Waals surface area contributed by atoms with E-state index in [4.69, 9.17) is 5.73 Å². The molecule has 4 rings (SSSR count). The number of carbonyl (C=O) groups excluding carboxylic acids is 1. The van der Waals surface area contributed by atoms with Crippen molar-refractivity contribution in [2.24, 2.45) is 0 Å². The molecule has 0 atom stereocenters. The molecule has 1 aromatic carbocycles. The number of carbonyl (C=O) groups is 1. The van der Waals surface area contributed by atoms with Gasteiger partial charge in [-0.25, -0.2) is 14.8 Å². The molecule has 5 N–H and O–H groups in total. The van der Waals surface area contributed by atoms with Crippen LogP contribution in [-0.2, 0) is 0 Å². The number of para-hydroxylation sites is 1. The maximum atomic E-state index is 12.2. The number of nitrogens with zero attached hydrogens (tertiary/aromatic N) is 3. The minimum atomic E-state index is -0.439. The molecule has 144 valence electrons. The van der Waals surface area contributed by atoms with E-state index in [0.717, 1.165) is 22.2 Å². The zero-order chi connectivity index (χ0) is 20.2. The Morgan fingerprint density at radius 1 is 1.07 bits per heavy atom. The summed E-state index contributed by atoms with van der Waals surface area (Å²) in [6, 6.07) is 14.4. The number of urea groups is 1. The van der Waals surface area contributed by atoms with Crippen LogP contribution in [0.15, 0.2) is 67.1 Å². The monoisotopic (exact) mass is 385 g/mol. The van der Waals surface area contributed by atoms with Crippen molar-refractivity contribution in [1.29, 1.82) is 0 Å². The zero-order valence-corrected chi connectivity index (χ0v) is 15.7. The van der Waals surface area contributed by atoms with E-state index in [1.165, 1.54) is 0 Å². The molecule has 0 aliphatic carbocycles. The molecule has 8 nitrogen and oxygen atoms in total. The summed E-state index contributed by atoms with van der Waals surface area (Å²) in [4.78, 5) is 25.0. The molecule has 0 radical (unpaired) electrons. The fraction of sp³-hybridized carbons (Fsp3) is 0.0476. The van der Waals surface area contributed by atoms with Crippen LogP contribution in [0.25, 0.3) is 22.0 Å². The number of nitrogen functional groups attached to an aromatic ring is 1. The minimum absolute atomic E-state index is 0.370. The quantitative estimate of drug-likeness (QED) is 0.398. The third-order valence-corrected chi connectivity index (χ3v) is 4.40. The number of rotatable bonds is 4. The lowest BCUT2D eigenvalue weighted by molar-refractivity contribution is 0.253. The Bertz CT molecular complexity index is 1180. The van der Waals surface area contributed by atoms with Gasteiger partial charge in [-0.15, -0.1) is 0 Å². The van der Waals surface area contributed by atoms with Gasteiger partial charge in [-0.05, 0) is 48.2 Å². The SMILES string of the molecule is Cc1ccncc1-c1cc2cc(NC(=O)NNc3ccccc3)ncc2c(N)n1. The van der Waals surface area contributed by atoms with Crippen LogP contribution in [0.5, 0.6) is 0 Å². The summed E-state index contributed by atoms with van der Waals surface area (Å²) < 4.78 is 0. The Hall–Kier alpha value is -4.20. The van der Waals surface area contributed by atoms with E-state index >= 15 is 0 Å². The summed E-state index contributed by atoms with van der Waals surface area (Å²) in [6.45, 7) is 1.99. The highest BCUT2D eigenvalue weighted by molar-refractivity contribution is 5.97. The molecule has 0 saturated carbocycles. The number of amides is 2. The molecule has 3 aromatic heterocycles. The summed E-state index contributed by atoms with van der Waals surface area (Å²) in [5, 5.41) is 4.23. The molecule has 8 heteroatoms. The zero-order valence-electron chi connectivity index (χ0n) is 15.7. The number of fused-ring (bicyclic) bond motifs is 1. The van der Waals surface area contributed by atoms with Gasteiger partial charge >= 0.3 is 6.03 Å². The maximum absolute atomic E-state index is 12.2. The molecule has 3 heterocycles. The standard InChI is InChI=1S/C21H19N7O/c1-13-7-8-23-11-16(13)18-9-14-10-19(24-12-17(14)20(22)25-18)26-21(29)28-27-15-5-3-2-4-6-15/h2-12,27H,1H3,(H2,22,25)(H2,24,26,28,29). The first kappa shape index (κ1) is 18.2. The summed E-state index contributed by atoms with van der Waals surface area (Å²) in [5.74, 6) is 0.763. The van der Waals surface area contributed by atoms with Gasteiger partial charge in [0.25, 0.3) is 0 Å². The van der Waals surface area contributed by atoms with Crippen molar-refractivity contribution in [2.45, 2.75) is 6.92 Å². The summed E-state index contributed by atoms with van der Waals surface area (Å²) in [5.41, 5.74) is 14.9. The van der Waals surface area contributed by atoms with Crippen molar-refractivity contribution < 1.29 is 4.79 Å².